The highest BCUT2D eigenvalue weighted by Gasteiger charge is 2.08. The monoisotopic (exact) mass is 140 g/mol. The minimum Gasteiger partial charge on any atom is -0.0863 e. The molecule has 1 heteroatoms. The molecule has 0 aromatic heterocycles. The fourth-order valence-corrected chi connectivity index (χ4v) is 0.930. The van der Waals surface area contributed by atoms with E-state index in [1.807, 2.05) is 0 Å². The maximum Gasteiger partial charge on any atom is 0.133 e. The summed E-state index contributed by atoms with van der Waals surface area (Å²) in [7, 11) is 0. The SMILES string of the molecule is CB(C)CCC(C)C(C)C. The number of rotatable bonds is 4. The second kappa shape index (κ2) is 4.82. The number of hydrogen-bond donors (Lipinski definition) is 0. The average Bonchev–Trinajstić information content (AvgIpc) is 1.82. The smallest absolute Gasteiger partial charge is 0.0863 e. The molecule has 0 bridgehead atoms. The van der Waals surface area contributed by atoms with E-state index < -0.39 is 0 Å². The van der Waals surface area contributed by atoms with Gasteiger partial charge in [0, 0.05) is 0 Å². The fraction of sp³-hybridized carbons (Fsp3) is 1.00. The molecule has 0 heterocycles. The fourth-order valence-electron chi connectivity index (χ4n) is 0.930. The highest BCUT2D eigenvalue weighted by atomic mass is 14.1. The first-order valence-corrected chi connectivity index (χ1v) is 4.54. The predicted octanol–water partition coefficient (Wildman–Crippen LogP) is 3.42. The van der Waals surface area contributed by atoms with E-state index in [-0.39, 0.29) is 0 Å². The van der Waals surface area contributed by atoms with Crippen LogP contribution in [0.2, 0.25) is 20.0 Å². The second-order valence-electron chi connectivity index (χ2n) is 4.19. The van der Waals surface area contributed by atoms with Gasteiger partial charge in [-0.1, -0.05) is 47.2 Å². The van der Waals surface area contributed by atoms with Crippen molar-refractivity contribution < 1.29 is 0 Å². The lowest BCUT2D eigenvalue weighted by Crippen LogP contribution is -2.08. The summed E-state index contributed by atoms with van der Waals surface area (Å²) in [6.45, 7) is 12.4. The minimum atomic E-state index is 0.860. The van der Waals surface area contributed by atoms with Crippen molar-refractivity contribution in [2.45, 2.75) is 47.2 Å². The summed E-state index contributed by atoms with van der Waals surface area (Å²) in [5.41, 5.74) is 0. The Balaban J connectivity index is 3.30. The zero-order chi connectivity index (χ0) is 8.15. The maximum atomic E-state index is 2.35. The molecule has 0 aliphatic heterocycles. The van der Waals surface area contributed by atoms with Crippen molar-refractivity contribution in [1.82, 2.24) is 0 Å². The summed E-state index contributed by atoms with van der Waals surface area (Å²) in [6.07, 6.45) is 2.79. The molecule has 60 valence electrons. The summed E-state index contributed by atoms with van der Waals surface area (Å²) < 4.78 is 0. The molecule has 0 aliphatic carbocycles. The molecule has 0 rings (SSSR count). The molecule has 0 saturated heterocycles. The van der Waals surface area contributed by atoms with E-state index in [4.69, 9.17) is 0 Å². The third kappa shape index (κ3) is 4.90. The van der Waals surface area contributed by atoms with E-state index in [2.05, 4.69) is 34.4 Å². The van der Waals surface area contributed by atoms with Crippen LogP contribution in [0.1, 0.15) is 27.2 Å². The van der Waals surface area contributed by atoms with Gasteiger partial charge in [-0.2, -0.15) is 0 Å². The first-order chi connectivity index (χ1) is 4.54. The Labute approximate surface area is 66.5 Å². The minimum absolute atomic E-state index is 0.860. The summed E-state index contributed by atoms with van der Waals surface area (Å²) in [5, 5.41) is 0. The average molecular weight is 140 g/mol. The summed E-state index contributed by atoms with van der Waals surface area (Å²) in [5.74, 6) is 1.76. The van der Waals surface area contributed by atoms with Crippen molar-refractivity contribution in [3.63, 3.8) is 0 Å². The summed E-state index contributed by atoms with van der Waals surface area (Å²) >= 11 is 0. The second-order valence-corrected chi connectivity index (χ2v) is 4.19. The Morgan fingerprint density at radius 2 is 1.60 bits per heavy atom. The van der Waals surface area contributed by atoms with Gasteiger partial charge in [0.25, 0.3) is 0 Å². The van der Waals surface area contributed by atoms with Crippen molar-refractivity contribution in [2.24, 2.45) is 11.8 Å². The van der Waals surface area contributed by atoms with Crippen LogP contribution in [0.15, 0.2) is 0 Å². The van der Waals surface area contributed by atoms with Crippen molar-refractivity contribution in [2.75, 3.05) is 0 Å². The molecule has 0 N–H and O–H groups in total. The van der Waals surface area contributed by atoms with Gasteiger partial charge in [-0.25, -0.2) is 0 Å². The topological polar surface area (TPSA) is 0 Å². The van der Waals surface area contributed by atoms with Crippen molar-refractivity contribution >= 4 is 6.71 Å². The van der Waals surface area contributed by atoms with Crippen molar-refractivity contribution in [3.8, 4) is 0 Å². The van der Waals surface area contributed by atoms with Crippen LogP contribution in [0.3, 0.4) is 0 Å². The van der Waals surface area contributed by atoms with E-state index in [1.165, 1.54) is 12.7 Å². The van der Waals surface area contributed by atoms with E-state index in [0.717, 1.165) is 18.5 Å². The van der Waals surface area contributed by atoms with Crippen LogP contribution in [0.5, 0.6) is 0 Å². The molecule has 0 aliphatic rings. The highest BCUT2D eigenvalue weighted by Crippen LogP contribution is 2.17. The van der Waals surface area contributed by atoms with Gasteiger partial charge < -0.3 is 0 Å². The standard InChI is InChI=1S/C9H21B/c1-8(2)9(3)6-7-10(4)5/h8-9H,6-7H2,1-5H3. The normalized spacial score (nSPS) is 13.8. The van der Waals surface area contributed by atoms with Crippen LogP contribution >= 0.6 is 0 Å². The molecule has 10 heavy (non-hydrogen) atoms. The van der Waals surface area contributed by atoms with E-state index in [0.29, 0.717) is 0 Å². The van der Waals surface area contributed by atoms with Gasteiger partial charge >= 0.3 is 0 Å². The zero-order valence-electron chi connectivity index (χ0n) is 8.15. The van der Waals surface area contributed by atoms with E-state index in [1.54, 1.807) is 0 Å². The predicted molar refractivity (Wildman–Crippen MR) is 50.9 cm³/mol. The van der Waals surface area contributed by atoms with Crippen molar-refractivity contribution in [3.05, 3.63) is 0 Å². The van der Waals surface area contributed by atoms with Gasteiger partial charge in [-0.05, 0) is 11.8 Å². The molecular weight excluding hydrogens is 119 g/mol. The lowest BCUT2D eigenvalue weighted by Gasteiger charge is -2.15. The van der Waals surface area contributed by atoms with Gasteiger partial charge in [0.05, 0.1) is 0 Å². The zero-order valence-corrected chi connectivity index (χ0v) is 8.15. The van der Waals surface area contributed by atoms with Crippen LogP contribution in [0.25, 0.3) is 0 Å². The Hall–Kier alpha value is 0.0649. The molecule has 0 amide bonds. The van der Waals surface area contributed by atoms with Crippen LogP contribution in [0, 0.1) is 11.8 Å². The van der Waals surface area contributed by atoms with Crippen LogP contribution in [0.4, 0.5) is 0 Å². The quantitative estimate of drug-likeness (QED) is 0.525. The van der Waals surface area contributed by atoms with Gasteiger partial charge in [0.1, 0.15) is 6.71 Å². The first-order valence-electron chi connectivity index (χ1n) is 4.54. The number of hydrogen-bond acceptors (Lipinski definition) is 0. The third-order valence-electron chi connectivity index (χ3n) is 2.34. The molecule has 0 saturated carbocycles. The third-order valence-corrected chi connectivity index (χ3v) is 2.34. The van der Waals surface area contributed by atoms with Crippen LogP contribution in [-0.2, 0) is 0 Å². The van der Waals surface area contributed by atoms with E-state index in [9.17, 15) is 0 Å². The lowest BCUT2D eigenvalue weighted by atomic mass is 9.51. The Morgan fingerprint density at radius 1 is 1.10 bits per heavy atom. The Bertz CT molecular complexity index is 76.8. The molecule has 0 radical (unpaired) electrons. The molecule has 0 spiro atoms. The van der Waals surface area contributed by atoms with E-state index >= 15 is 0 Å². The molecule has 0 aromatic rings. The van der Waals surface area contributed by atoms with Gasteiger partial charge in [0.2, 0.25) is 0 Å². The van der Waals surface area contributed by atoms with Crippen LogP contribution < -0.4 is 0 Å². The van der Waals surface area contributed by atoms with Gasteiger partial charge in [0.15, 0.2) is 0 Å². The summed E-state index contributed by atoms with van der Waals surface area (Å²) in [6, 6.07) is 0. The largest absolute Gasteiger partial charge is 0.133 e. The van der Waals surface area contributed by atoms with Crippen LogP contribution in [-0.4, -0.2) is 6.71 Å². The van der Waals surface area contributed by atoms with Gasteiger partial charge in [-0.15, -0.1) is 0 Å². The Morgan fingerprint density at radius 3 is 1.90 bits per heavy atom. The molecule has 1 atom stereocenters. The van der Waals surface area contributed by atoms with Gasteiger partial charge in [-0.3, -0.25) is 0 Å². The molecule has 0 nitrogen and oxygen atoms in total. The lowest BCUT2D eigenvalue weighted by molar-refractivity contribution is 0.406. The molecule has 0 aromatic carbocycles. The molecule has 0 fully saturated rings. The molecular formula is C9H21B. The highest BCUT2D eigenvalue weighted by molar-refractivity contribution is 6.55. The first kappa shape index (κ1) is 10.1. The van der Waals surface area contributed by atoms with Crippen molar-refractivity contribution in [1.29, 1.82) is 0 Å². The maximum absolute atomic E-state index is 2.35. The Kier molecular flexibility index (Phi) is 4.85. The summed E-state index contributed by atoms with van der Waals surface area (Å²) in [4.78, 5) is 0. The molecule has 1 unspecified atom stereocenters.